The first kappa shape index (κ1) is 24.4. The van der Waals surface area contributed by atoms with Gasteiger partial charge in [-0.1, -0.05) is 6.07 Å². The number of carboxylic acid groups (broad SMARTS) is 1. The summed E-state index contributed by atoms with van der Waals surface area (Å²) < 4.78 is 23.8. The molecule has 3 amide bonds. The summed E-state index contributed by atoms with van der Waals surface area (Å²) in [5.41, 5.74) is 0.956. The predicted molar refractivity (Wildman–Crippen MR) is 119 cm³/mol. The molecule has 178 valence electrons. The molecule has 1 aliphatic heterocycles. The average molecular weight is 470 g/mol. The lowest BCUT2D eigenvalue weighted by molar-refractivity contribution is -0.135. The maximum Gasteiger partial charge on any atom is 0.328 e. The van der Waals surface area contributed by atoms with E-state index in [1.54, 1.807) is 18.2 Å². The highest BCUT2D eigenvalue weighted by atomic mass is 19.1. The molecule has 1 atom stereocenters. The van der Waals surface area contributed by atoms with E-state index in [1.807, 2.05) is 0 Å². The maximum absolute atomic E-state index is 13.3. The van der Waals surface area contributed by atoms with E-state index in [-0.39, 0.29) is 18.7 Å². The molecule has 2 aromatic carbocycles. The summed E-state index contributed by atoms with van der Waals surface area (Å²) >= 11 is 0. The molecule has 9 nitrogen and oxygen atoms in total. The van der Waals surface area contributed by atoms with Crippen LogP contribution >= 0.6 is 0 Å². The third-order valence-electron chi connectivity index (χ3n) is 5.32. The summed E-state index contributed by atoms with van der Waals surface area (Å²) in [5, 5.41) is 8.89. The molecule has 3 rings (SSSR count). The Kier molecular flexibility index (Phi) is 7.62. The van der Waals surface area contributed by atoms with Gasteiger partial charge in [0.2, 0.25) is 11.8 Å². The van der Waals surface area contributed by atoms with Crippen LogP contribution in [0.15, 0.2) is 54.6 Å². The molecule has 1 heterocycles. The minimum Gasteiger partial charge on any atom is -0.493 e. The van der Waals surface area contributed by atoms with E-state index in [2.05, 4.69) is 0 Å². The van der Waals surface area contributed by atoms with Gasteiger partial charge in [0, 0.05) is 18.7 Å². The molecule has 0 radical (unpaired) electrons. The van der Waals surface area contributed by atoms with Crippen LogP contribution in [0.25, 0.3) is 0 Å². The van der Waals surface area contributed by atoms with Crippen LogP contribution < -0.4 is 14.4 Å². The normalized spacial score (nSPS) is 15.6. The van der Waals surface area contributed by atoms with Crippen molar-refractivity contribution in [2.24, 2.45) is 0 Å². The predicted octanol–water partition coefficient (Wildman–Crippen LogP) is 2.19. The van der Waals surface area contributed by atoms with Gasteiger partial charge in [-0.05, 0) is 48.4 Å². The molecule has 0 spiro atoms. The van der Waals surface area contributed by atoms with Crippen molar-refractivity contribution in [1.29, 1.82) is 0 Å². The van der Waals surface area contributed by atoms with Gasteiger partial charge in [0.25, 0.3) is 5.91 Å². The Morgan fingerprint density at radius 1 is 1.09 bits per heavy atom. The summed E-state index contributed by atoms with van der Waals surface area (Å²) in [6, 6.07) is 8.90. The molecule has 0 aromatic heterocycles. The molecule has 1 saturated heterocycles. The molecule has 10 heteroatoms. The van der Waals surface area contributed by atoms with Crippen molar-refractivity contribution < 1.29 is 38.1 Å². The number of hydrogen-bond acceptors (Lipinski definition) is 6. The first-order valence-corrected chi connectivity index (χ1v) is 10.3. The molecule has 1 N–H and O–H groups in total. The fourth-order valence-electron chi connectivity index (χ4n) is 3.66. The molecule has 2 aromatic rings. The zero-order chi connectivity index (χ0) is 24.8. The van der Waals surface area contributed by atoms with Crippen LogP contribution in [0.1, 0.15) is 12.0 Å². The van der Waals surface area contributed by atoms with E-state index >= 15 is 0 Å². The minimum atomic E-state index is -1.32. The molecule has 0 saturated carbocycles. The summed E-state index contributed by atoms with van der Waals surface area (Å²) in [5.74, 6) is -2.77. The number of imide groups is 1. The number of rotatable bonds is 9. The van der Waals surface area contributed by atoms with E-state index in [9.17, 15) is 23.6 Å². The molecular formula is C24H23FN2O7. The van der Waals surface area contributed by atoms with Gasteiger partial charge in [-0.25, -0.2) is 14.1 Å². The summed E-state index contributed by atoms with van der Waals surface area (Å²) in [4.78, 5) is 51.5. The van der Waals surface area contributed by atoms with Crippen LogP contribution in [0.5, 0.6) is 11.5 Å². The number of ether oxygens (including phenoxy) is 2. The zero-order valence-corrected chi connectivity index (χ0v) is 18.6. The van der Waals surface area contributed by atoms with Gasteiger partial charge in [-0.3, -0.25) is 14.4 Å². The average Bonchev–Trinajstić information content (AvgIpc) is 3.11. The second-order valence-electron chi connectivity index (χ2n) is 7.41. The van der Waals surface area contributed by atoms with Crippen molar-refractivity contribution >= 4 is 29.4 Å². The molecule has 1 fully saturated rings. The van der Waals surface area contributed by atoms with Crippen LogP contribution in [0.4, 0.5) is 10.1 Å². The number of carboxylic acids is 1. The second-order valence-corrected chi connectivity index (χ2v) is 7.41. The van der Waals surface area contributed by atoms with Gasteiger partial charge in [0.05, 0.1) is 26.3 Å². The quantitative estimate of drug-likeness (QED) is 0.441. The van der Waals surface area contributed by atoms with Gasteiger partial charge in [-0.15, -0.1) is 0 Å². The smallest absolute Gasteiger partial charge is 0.328 e. The van der Waals surface area contributed by atoms with E-state index < -0.39 is 35.5 Å². The summed E-state index contributed by atoms with van der Waals surface area (Å²) in [7, 11) is 2.99. The monoisotopic (exact) mass is 470 g/mol. The Balaban J connectivity index is 1.86. The van der Waals surface area contributed by atoms with Gasteiger partial charge in [-0.2, -0.15) is 0 Å². The Hall–Kier alpha value is -4.21. The number of halogens is 1. The van der Waals surface area contributed by atoms with Crippen molar-refractivity contribution in [3.63, 3.8) is 0 Å². The SMILES string of the molecule is COc1ccc(CCN(C(=O)/C=C/C(=O)O)C2CC(=O)N(c3ccc(F)cc3)C2=O)cc1OC. The third-order valence-corrected chi connectivity index (χ3v) is 5.32. The van der Waals surface area contributed by atoms with Gasteiger partial charge in [0.15, 0.2) is 11.5 Å². The number of anilines is 1. The largest absolute Gasteiger partial charge is 0.493 e. The number of aliphatic carboxylic acids is 1. The number of carbonyl (C=O) groups excluding carboxylic acids is 3. The van der Waals surface area contributed by atoms with Crippen molar-refractivity contribution in [3.8, 4) is 11.5 Å². The van der Waals surface area contributed by atoms with Crippen LogP contribution in [0.3, 0.4) is 0 Å². The number of methoxy groups -OCH3 is 2. The second kappa shape index (κ2) is 10.6. The number of benzene rings is 2. The minimum absolute atomic E-state index is 0.0270. The molecule has 34 heavy (non-hydrogen) atoms. The van der Waals surface area contributed by atoms with Crippen LogP contribution in [0, 0.1) is 5.82 Å². The number of amides is 3. The highest BCUT2D eigenvalue weighted by Gasteiger charge is 2.43. The van der Waals surface area contributed by atoms with Crippen LogP contribution in [0.2, 0.25) is 0 Å². The van der Waals surface area contributed by atoms with Crippen LogP contribution in [-0.4, -0.2) is 60.5 Å². The Morgan fingerprint density at radius 2 is 1.76 bits per heavy atom. The Labute approximate surface area is 195 Å². The van der Waals surface area contributed by atoms with Crippen molar-refractivity contribution in [3.05, 3.63) is 66.0 Å². The highest BCUT2D eigenvalue weighted by molar-refractivity contribution is 6.23. The van der Waals surface area contributed by atoms with Gasteiger partial charge >= 0.3 is 5.97 Å². The van der Waals surface area contributed by atoms with Gasteiger partial charge < -0.3 is 19.5 Å². The van der Waals surface area contributed by atoms with Gasteiger partial charge in [0.1, 0.15) is 11.9 Å². The lowest BCUT2D eigenvalue weighted by Gasteiger charge is -2.26. The van der Waals surface area contributed by atoms with Crippen molar-refractivity contribution in [2.75, 3.05) is 25.7 Å². The molecular weight excluding hydrogens is 447 g/mol. The van der Waals surface area contributed by atoms with Crippen LogP contribution in [-0.2, 0) is 25.6 Å². The van der Waals surface area contributed by atoms with E-state index in [0.717, 1.165) is 28.7 Å². The summed E-state index contributed by atoms with van der Waals surface area (Å²) in [6.07, 6.45) is 1.52. The number of nitrogens with zero attached hydrogens (tertiary/aromatic N) is 2. The fourth-order valence-corrected chi connectivity index (χ4v) is 3.66. The first-order valence-electron chi connectivity index (χ1n) is 10.3. The van der Waals surface area contributed by atoms with E-state index in [4.69, 9.17) is 14.6 Å². The fraction of sp³-hybridized carbons (Fsp3) is 0.250. The maximum atomic E-state index is 13.3. The van der Waals surface area contributed by atoms with Crippen molar-refractivity contribution in [2.45, 2.75) is 18.9 Å². The number of carbonyl (C=O) groups is 4. The first-order chi connectivity index (χ1) is 16.2. The zero-order valence-electron chi connectivity index (χ0n) is 18.6. The third kappa shape index (κ3) is 5.40. The summed E-state index contributed by atoms with van der Waals surface area (Å²) in [6.45, 7) is 0.0270. The Morgan fingerprint density at radius 3 is 2.38 bits per heavy atom. The lowest BCUT2D eigenvalue weighted by Crippen LogP contribution is -2.46. The standard InChI is InChI=1S/C24H23FN2O7/c1-33-19-8-3-15(13-20(19)34-2)11-12-26(21(28)9-10-23(30)31)18-14-22(29)27(24(18)32)17-6-4-16(25)5-7-17/h3-10,13,18H,11-12,14H2,1-2H3,(H,30,31)/b10-9+. The Bertz CT molecular complexity index is 1130. The van der Waals surface area contributed by atoms with E-state index in [1.165, 1.54) is 31.3 Å². The number of hydrogen-bond donors (Lipinski definition) is 1. The topological polar surface area (TPSA) is 113 Å². The highest BCUT2D eigenvalue weighted by Crippen LogP contribution is 2.29. The van der Waals surface area contributed by atoms with E-state index in [0.29, 0.717) is 24.0 Å². The molecule has 1 aliphatic rings. The molecule has 0 bridgehead atoms. The van der Waals surface area contributed by atoms with Crippen molar-refractivity contribution in [1.82, 2.24) is 4.90 Å². The molecule has 1 unspecified atom stereocenters. The molecule has 0 aliphatic carbocycles. The lowest BCUT2D eigenvalue weighted by atomic mass is 10.1.